The van der Waals surface area contributed by atoms with Crippen LogP contribution in [0.2, 0.25) is 0 Å². The van der Waals surface area contributed by atoms with Gasteiger partial charge in [0.15, 0.2) is 0 Å². The number of fused-ring (bicyclic) bond motifs is 1. The van der Waals surface area contributed by atoms with E-state index in [9.17, 15) is 0 Å². The quantitative estimate of drug-likeness (QED) is 0.900. The van der Waals surface area contributed by atoms with E-state index in [2.05, 4.69) is 22.5 Å². The normalized spacial score (nSPS) is 18.6. The lowest BCUT2D eigenvalue weighted by atomic mass is 9.83. The Hall–Kier alpha value is -1.71. The van der Waals surface area contributed by atoms with Crippen molar-refractivity contribution in [2.75, 3.05) is 12.8 Å². The Kier molecular flexibility index (Phi) is 2.88. The molecule has 3 rings (SSSR count). The number of imidazole rings is 1. The van der Waals surface area contributed by atoms with Gasteiger partial charge in [-0.05, 0) is 31.9 Å². The summed E-state index contributed by atoms with van der Waals surface area (Å²) in [4.78, 5) is 4.52. The Morgan fingerprint density at radius 2 is 2.00 bits per heavy atom. The number of methoxy groups -OCH3 is 1. The third kappa shape index (κ3) is 1.86. The molecular weight excluding hydrogens is 238 g/mol. The van der Waals surface area contributed by atoms with Crippen molar-refractivity contribution in [3.8, 4) is 5.75 Å². The fourth-order valence-corrected chi connectivity index (χ4v) is 3.36. The number of ether oxygens (including phenoxy) is 1. The van der Waals surface area contributed by atoms with E-state index >= 15 is 0 Å². The third-order valence-electron chi connectivity index (χ3n) is 4.36. The van der Waals surface area contributed by atoms with Crippen LogP contribution in [0.15, 0.2) is 18.2 Å². The van der Waals surface area contributed by atoms with Crippen molar-refractivity contribution in [2.45, 2.75) is 44.6 Å². The first kappa shape index (κ1) is 12.3. The van der Waals surface area contributed by atoms with Gasteiger partial charge < -0.3 is 15.0 Å². The van der Waals surface area contributed by atoms with Gasteiger partial charge in [0, 0.05) is 5.54 Å². The summed E-state index contributed by atoms with van der Waals surface area (Å²) in [5, 5.41) is 0. The van der Waals surface area contributed by atoms with Crippen LogP contribution >= 0.6 is 0 Å². The maximum Gasteiger partial charge on any atom is 0.201 e. The third-order valence-corrected chi connectivity index (χ3v) is 4.36. The topological polar surface area (TPSA) is 53.1 Å². The summed E-state index contributed by atoms with van der Waals surface area (Å²) >= 11 is 0. The fourth-order valence-electron chi connectivity index (χ4n) is 3.36. The van der Waals surface area contributed by atoms with E-state index in [1.165, 1.54) is 32.1 Å². The molecule has 19 heavy (non-hydrogen) atoms. The number of nitrogens with two attached hydrogens (primary N) is 1. The lowest BCUT2D eigenvalue weighted by Crippen LogP contribution is -2.33. The summed E-state index contributed by atoms with van der Waals surface area (Å²) in [6, 6.07) is 6.02. The first-order valence-electron chi connectivity index (χ1n) is 6.97. The summed E-state index contributed by atoms with van der Waals surface area (Å²) < 4.78 is 7.60. The zero-order valence-electron chi connectivity index (χ0n) is 11.6. The molecule has 1 heterocycles. The maximum atomic E-state index is 6.19. The second-order valence-electron chi connectivity index (χ2n) is 5.69. The largest absolute Gasteiger partial charge is 0.494 e. The molecule has 1 saturated carbocycles. The molecule has 2 N–H and O–H groups in total. The molecule has 1 aromatic carbocycles. The fraction of sp³-hybridized carbons (Fsp3) is 0.533. The molecular formula is C15H21N3O. The highest BCUT2D eigenvalue weighted by atomic mass is 16.5. The van der Waals surface area contributed by atoms with Crippen LogP contribution < -0.4 is 10.5 Å². The van der Waals surface area contributed by atoms with Gasteiger partial charge in [-0.1, -0.05) is 25.3 Å². The van der Waals surface area contributed by atoms with E-state index in [0.29, 0.717) is 5.95 Å². The number of rotatable bonds is 2. The van der Waals surface area contributed by atoms with Crippen LogP contribution in [-0.4, -0.2) is 16.7 Å². The monoisotopic (exact) mass is 259 g/mol. The SMILES string of the molecule is COc1cccc2c1nc(N)n2C1(C)CCCCC1. The molecule has 0 unspecified atom stereocenters. The first-order chi connectivity index (χ1) is 9.15. The minimum absolute atomic E-state index is 0.0868. The second kappa shape index (κ2) is 4.44. The standard InChI is InChI=1S/C15H21N3O/c1-15(9-4-3-5-10-15)18-11-7-6-8-12(19-2)13(11)17-14(18)16/h6-8H,3-5,9-10H2,1-2H3,(H2,16,17). The summed E-state index contributed by atoms with van der Waals surface area (Å²) in [5.74, 6) is 1.39. The molecule has 0 bridgehead atoms. The number of hydrogen-bond donors (Lipinski definition) is 1. The van der Waals surface area contributed by atoms with Crippen molar-refractivity contribution in [3.63, 3.8) is 0 Å². The molecule has 0 aliphatic heterocycles. The average Bonchev–Trinajstić information content (AvgIpc) is 2.76. The highest BCUT2D eigenvalue weighted by molar-refractivity contribution is 5.84. The smallest absolute Gasteiger partial charge is 0.201 e. The minimum atomic E-state index is 0.0868. The van der Waals surface area contributed by atoms with Gasteiger partial charge in [-0.25, -0.2) is 4.98 Å². The molecule has 0 radical (unpaired) electrons. The Balaban J connectivity index is 2.20. The first-order valence-corrected chi connectivity index (χ1v) is 6.97. The van der Waals surface area contributed by atoms with E-state index in [-0.39, 0.29) is 5.54 Å². The Labute approximate surface area is 113 Å². The molecule has 2 aromatic rings. The van der Waals surface area contributed by atoms with Gasteiger partial charge in [-0.2, -0.15) is 0 Å². The van der Waals surface area contributed by atoms with Crippen molar-refractivity contribution >= 4 is 17.0 Å². The molecule has 4 nitrogen and oxygen atoms in total. The molecule has 102 valence electrons. The molecule has 0 saturated heterocycles. The highest BCUT2D eigenvalue weighted by Crippen LogP contribution is 2.39. The number of nitrogens with zero attached hydrogens (tertiary/aromatic N) is 2. The second-order valence-corrected chi connectivity index (χ2v) is 5.69. The zero-order valence-corrected chi connectivity index (χ0v) is 11.6. The number of aromatic nitrogens is 2. The predicted octanol–water partition coefficient (Wildman–Crippen LogP) is 3.31. The van der Waals surface area contributed by atoms with E-state index in [4.69, 9.17) is 10.5 Å². The van der Waals surface area contributed by atoms with Crippen molar-refractivity contribution < 1.29 is 4.74 Å². The van der Waals surface area contributed by atoms with Gasteiger partial charge in [-0.3, -0.25) is 0 Å². The van der Waals surface area contributed by atoms with E-state index in [1.807, 2.05) is 12.1 Å². The van der Waals surface area contributed by atoms with E-state index in [1.54, 1.807) is 7.11 Å². The number of nitrogen functional groups attached to an aromatic ring is 1. The van der Waals surface area contributed by atoms with Gasteiger partial charge in [0.25, 0.3) is 0 Å². The molecule has 1 aliphatic rings. The van der Waals surface area contributed by atoms with Crippen molar-refractivity contribution in [1.29, 1.82) is 0 Å². The Morgan fingerprint density at radius 3 is 2.68 bits per heavy atom. The summed E-state index contributed by atoms with van der Waals surface area (Å²) in [7, 11) is 1.67. The molecule has 0 amide bonds. The molecule has 0 atom stereocenters. The van der Waals surface area contributed by atoms with Gasteiger partial charge in [-0.15, -0.1) is 0 Å². The van der Waals surface area contributed by atoms with E-state index in [0.717, 1.165) is 16.8 Å². The van der Waals surface area contributed by atoms with Crippen LogP contribution in [0.3, 0.4) is 0 Å². The summed E-state index contributed by atoms with van der Waals surface area (Å²) in [6.07, 6.45) is 6.18. The van der Waals surface area contributed by atoms with Gasteiger partial charge >= 0.3 is 0 Å². The zero-order chi connectivity index (χ0) is 13.5. The van der Waals surface area contributed by atoms with Gasteiger partial charge in [0.2, 0.25) is 5.95 Å². The van der Waals surface area contributed by atoms with Crippen LogP contribution in [0.25, 0.3) is 11.0 Å². The van der Waals surface area contributed by atoms with Crippen molar-refractivity contribution in [2.24, 2.45) is 0 Å². The van der Waals surface area contributed by atoms with Crippen molar-refractivity contribution in [3.05, 3.63) is 18.2 Å². The lowest BCUT2D eigenvalue weighted by Gasteiger charge is -2.36. The molecule has 0 spiro atoms. The maximum absolute atomic E-state index is 6.19. The summed E-state index contributed by atoms with van der Waals surface area (Å²) in [6.45, 7) is 2.29. The van der Waals surface area contributed by atoms with Crippen LogP contribution in [0, 0.1) is 0 Å². The van der Waals surface area contributed by atoms with Crippen LogP contribution in [-0.2, 0) is 5.54 Å². The number of para-hydroxylation sites is 1. The number of benzene rings is 1. The van der Waals surface area contributed by atoms with Crippen molar-refractivity contribution in [1.82, 2.24) is 9.55 Å². The molecule has 4 heteroatoms. The lowest BCUT2D eigenvalue weighted by molar-refractivity contribution is 0.228. The number of anilines is 1. The summed E-state index contributed by atoms with van der Waals surface area (Å²) in [5.41, 5.74) is 8.23. The average molecular weight is 259 g/mol. The highest BCUT2D eigenvalue weighted by Gasteiger charge is 2.32. The minimum Gasteiger partial charge on any atom is -0.494 e. The number of hydrogen-bond acceptors (Lipinski definition) is 3. The molecule has 1 aliphatic carbocycles. The Bertz CT molecular complexity index is 597. The van der Waals surface area contributed by atoms with Crippen LogP contribution in [0.4, 0.5) is 5.95 Å². The molecule has 1 fully saturated rings. The van der Waals surface area contributed by atoms with Gasteiger partial charge in [0.05, 0.1) is 12.6 Å². The molecule has 1 aromatic heterocycles. The Morgan fingerprint density at radius 1 is 1.26 bits per heavy atom. The van der Waals surface area contributed by atoms with Gasteiger partial charge in [0.1, 0.15) is 11.3 Å². The van der Waals surface area contributed by atoms with Crippen LogP contribution in [0.1, 0.15) is 39.0 Å². The van der Waals surface area contributed by atoms with E-state index < -0.39 is 0 Å². The predicted molar refractivity (Wildman–Crippen MR) is 77.4 cm³/mol. The van der Waals surface area contributed by atoms with Crippen LogP contribution in [0.5, 0.6) is 5.75 Å².